The van der Waals surface area contributed by atoms with Crippen LogP contribution in [0, 0.1) is 16.0 Å². The van der Waals surface area contributed by atoms with E-state index in [0.717, 1.165) is 5.69 Å². The van der Waals surface area contributed by atoms with Gasteiger partial charge in [0, 0.05) is 18.7 Å². The fourth-order valence-electron chi connectivity index (χ4n) is 2.44. The first-order valence-corrected chi connectivity index (χ1v) is 6.09. The van der Waals surface area contributed by atoms with Crippen LogP contribution in [0.15, 0.2) is 18.3 Å². The van der Waals surface area contributed by atoms with Crippen LogP contribution in [-0.4, -0.2) is 33.6 Å². The summed E-state index contributed by atoms with van der Waals surface area (Å²) >= 11 is 0. The van der Waals surface area contributed by atoms with Gasteiger partial charge in [-0.3, -0.25) is 4.79 Å². The lowest BCUT2D eigenvalue weighted by Gasteiger charge is -2.37. The maximum Gasteiger partial charge on any atom is 0.363 e. The summed E-state index contributed by atoms with van der Waals surface area (Å²) in [7, 11) is 0. The van der Waals surface area contributed by atoms with Gasteiger partial charge in [-0.25, -0.2) is 0 Å². The van der Waals surface area contributed by atoms with Gasteiger partial charge < -0.3 is 20.1 Å². The van der Waals surface area contributed by atoms with Crippen molar-refractivity contribution in [2.75, 3.05) is 11.4 Å². The second-order valence-corrected chi connectivity index (χ2v) is 4.73. The molecule has 0 radical (unpaired) electrons. The van der Waals surface area contributed by atoms with E-state index < -0.39 is 10.9 Å². The van der Waals surface area contributed by atoms with E-state index in [0.29, 0.717) is 19.4 Å². The number of hydrogen-bond donors (Lipinski definition) is 1. The molecule has 2 unspecified atom stereocenters. The van der Waals surface area contributed by atoms with E-state index in [1.54, 1.807) is 6.07 Å². The summed E-state index contributed by atoms with van der Waals surface area (Å²) in [4.78, 5) is 26.8. The highest BCUT2D eigenvalue weighted by atomic mass is 16.6. The number of carboxylic acids is 1. The van der Waals surface area contributed by atoms with Crippen molar-refractivity contribution in [2.24, 2.45) is 5.92 Å². The first-order chi connectivity index (χ1) is 8.99. The molecule has 2 heterocycles. The summed E-state index contributed by atoms with van der Waals surface area (Å²) in [6.07, 6.45) is 2.62. The third kappa shape index (κ3) is 2.81. The second-order valence-electron chi connectivity index (χ2n) is 4.73. The van der Waals surface area contributed by atoms with Crippen LogP contribution in [0.25, 0.3) is 0 Å². The Bertz CT molecular complexity index is 488. The molecule has 2 atom stereocenters. The molecule has 1 fully saturated rings. The predicted molar refractivity (Wildman–Crippen MR) is 68.1 cm³/mol. The van der Waals surface area contributed by atoms with Crippen molar-refractivity contribution < 1.29 is 14.8 Å². The molecule has 19 heavy (non-hydrogen) atoms. The molecule has 0 spiro atoms. The van der Waals surface area contributed by atoms with Crippen molar-refractivity contribution in [3.05, 3.63) is 28.4 Å². The zero-order chi connectivity index (χ0) is 14.0. The zero-order valence-electron chi connectivity index (χ0n) is 10.5. The second kappa shape index (κ2) is 5.21. The summed E-state index contributed by atoms with van der Waals surface area (Å²) < 4.78 is 0. The molecule has 2 rings (SSSR count). The molecule has 0 amide bonds. The van der Waals surface area contributed by atoms with E-state index in [4.69, 9.17) is 5.11 Å². The molecule has 0 saturated carbocycles. The highest BCUT2D eigenvalue weighted by Crippen LogP contribution is 2.28. The molecule has 1 aliphatic heterocycles. The maximum atomic E-state index is 11.0. The monoisotopic (exact) mass is 265 g/mol. The van der Waals surface area contributed by atoms with Crippen LogP contribution in [0.1, 0.15) is 19.8 Å². The van der Waals surface area contributed by atoms with Gasteiger partial charge in [-0.15, -0.1) is 0 Å². The van der Waals surface area contributed by atoms with Crippen molar-refractivity contribution >= 4 is 17.5 Å². The van der Waals surface area contributed by atoms with Crippen molar-refractivity contribution in [3.63, 3.8) is 0 Å². The smallest absolute Gasteiger partial charge is 0.363 e. The number of nitrogens with zero attached hydrogens (tertiary/aromatic N) is 3. The van der Waals surface area contributed by atoms with E-state index in [2.05, 4.69) is 4.98 Å². The first-order valence-electron chi connectivity index (χ1n) is 6.09. The third-order valence-corrected chi connectivity index (χ3v) is 3.48. The molecule has 1 aliphatic rings. The largest absolute Gasteiger partial charge is 0.481 e. The van der Waals surface area contributed by atoms with E-state index >= 15 is 0 Å². The van der Waals surface area contributed by atoms with Gasteiger partial charge in [0.25, 0.3) is 0 Å². The number of nitro groups is 1. The molecule has 7 nitrogen and oxygen atoms in total. The summed E-state index contributed by atoms with van der Waals surface area (Å²) in [6, 6.07) is 3.10. The standard InChI is InChI=1S/C12H15N3O4/c1-8-6-9(12(16)17)4-5-14(8)10-2-3-11(13-7-10)15(18)19/h2-3,7-9H,4-6H2,1H3,(H,16,17). The topological polar surface area (TPSA) is 96.6 Å². The molecule has 1 aromatic rings. The van der Waals surface area contributed by atoms with Crippen molar-refractivity contribution in [1.29, 1.82) is 0 Å². The minimum absolute atomic E-state index is 0.0816. The van der Waals surface area contributed by atoms with E-state index in [-0.39, 0.29) is 17.8 Å². The number of carboxylic acid groups (broad SMARTS) is 1. The van der Waals surface area contributed by atoms with Gasteiger partial charge in [-0.2, -0.15) is 0 Å². The number of aromatic nitrogens is 1. The lowest BCUT2D eigenvalue weighted by Crippen LogP contribution is -2.42. The first kappa shape index (κ1) is 13.3. The molecular formula is C12H15N3O4. The van der Waals surface area contributed by atoms with Crippen LogP contribution >= 0.6 is 0 Å². The Labute approximate surface area is 110 Å². The quantitative estimate of drug-likeness (QED) is 0.659. The Morgan fingerprint density at radius 3 is 2.79 bits per heavy atom. The molecule has 0 bridgehead atoms. The summed E-state index contributed by atoms with van der Waals surface area (Å²) in [5, 5.41) is 19.5. The lowest BCUT2D eigenvalue weighted by atomic mass is 9.91. The van der Waals surface area contributed by atoms with Crippen LogP contribution in [0.5, 0.6) is 0 Å². The molecule has 1 N–H and O–H groups in total. The predicted octanol–water partition coefficient (Wildman–Crippen LogP) is 1.68. The highest BCUT2D eigenvalue weighted by molar-refractivity contribution is 5.70. The maximum absolute atomic E-state index is 11.0. The number of anilines is 1. The Morgan fingerprint density at radius 2 is 2.32 bits per heavy atom. The van der Waals surface area contributed by atoms with Crippen LogP contribution in [0.4, 0.5) is 11.5 Å². The number of piperidine rings is 1. The van der Waals surface area contributed by atoms with Crippen LogP contribution in [0.2, 0.25) is 0 Å². The van der Waals surface area contributed by atoms with Crippen molar-refractivity contribution in [2.45, 2.75) is 25.8 Å². The minimum Gasteiger partial charge on any atom is -0.481 e. The van der Waals surface area contributed by atoms with E-state index in [9.17, 15) is 14.9 Å². The molecule has 1 saturated heterocycles. The van der Waals surface area contributed by atoms with Gasteiger partial charge in [0.2, 0.25) is 0 Å². The normalized spacial score (nSPS) is 23.1. The number of carbonyl (C=O) groups is 1. The van der Waals surface area contributed by atoms with Crippen LogP contribution < -0.4 is 4.90 Å². The highest BCUT2D eigenvalue weighted by Gasteiger charge is 2.30. The fourth-order valence-corrected chi connectivity index (χ4v) is 2.44. The van der Waals surface area contributed by atoms with Crippen molar-refractivity contribution in [3.8, 4) is 0 Å². The number of rotatable bonds is 3. The lowest BCUT2D eigenvalue weighted by molar-refractivity contribution is -0.389. The molecule has 1 aromatic heterocycles. The number of aliphatic carboxylic acids is 1. The Hall–Kier alpha value is -2.18. The van der Waals surface area contributed by atoms with Gasteiger partial charge in [0.15, 0.2) is 6.20 Å². The van der Waals surface area contributed by atoms with Crippen molar-refractivity contribution in [1.82, 2.24) is 4.98 Å². The molecule has 0 aliphatic carbocycles. The number of pyridine rings is 1. The van der Waals surface area contributed by atoms with Gasteiger partial charge in [0.05, 0.1) is 11.6 Å². The van der Waals surface area contributed by atoms with Gasteiger partial charge in [-0.05, 0) is 35.7 Å². The average Bonchev–Trinajstić information content (AvgIpc) is 2.38. The van der Waals surface area contributed by atoms with Crippen LogP contribution in [0.3, 0.4) is 0 Å². The van der Waals surface area contributed by atoms with E-state index in [1.165, 1.54) is 12.3 Å². The fraction of sp³-hybridized carbons (Fsp3) is 0.500. The van der Waals surface area contributed by atoms with E-state index in [1.807, 2.05) is 11.8 Å². The van der Waals surface area contributed by atoms with Crippen LogP contribution in [-0.2, 0) is 4.79 Å². The number of hydrogen-bond acceptors (Lipinski definition) is 5. The molecular weight excluding hydrogens is 250 g/mol. The molecule has 7 heteroatoms. The summed E-state index contributed by atoms with van der Waals surface area (Å²) in [6.45, 7) is 2.58. The Balaban J connectivity index is 2.10. The summed E-state index contributed by atoms with van der Waals surface area (Å²) in [5.74, 6) is -1.25. The van der Waals surface area contributed by atoms with Gasteiger partial charge in [-0.1, -0.05) is 0 Å². The Morgan fingerprint density at radius 1 is 1.58 bits per heavy atom. The van der Waals surface area contributed by atoms with Gasteiger partial charge in [0.1, 0.15) is 0 Å². The SMILES string of the molecule is CC1CC(C(=O)O)CCN1c1ccc([N+](=O)[O-])nc1. The minimum atomic E-state index is -0.756. The molecule has 0 aromatic carbocycles. The zero-order valence-corrected chi connectivity index (χ0v) is 10.5. The third-order valence-electron chi connectivity index (χ3n) is 3.48. The van der Waals surface area contributed by atoms with Gasteiger partial charge >= 0.3 is 11.8 Å². The summed E-state index contributed by atoms with van der Waals surface area (Å²) in [5.41, 5.74) is 0.793. The Kier molecular flexibility index (Phi) is 3.64. The molecule has 102 valence electrons. The average molecular weight is 265 g/mol.